The van der Waals surface area contributed by atoms with Crippen LogP contribution in [0.5, 0.6) is 5.75 Å². The number of nitrogens with zero attached hydrogens (tertiary/aromatic N) is 2. The lowest BCUT2D eigenvalue weighted by Crippen LogP contribution is -2.36. The number of aromatic hydroxyl groups is 1. The molecule has 2 aromatic carbocycles. The molecule has 0 bridgehead atoms. The Morgan fingerprint density at radius 1 is 1.05 bits per heavy atom. The lowest BCUT2D eigenvalue weighted by molar-refractivity contribution is -0.146. The van der Waals surface area contributed by atoms with Gasteiger partial charge in [-0.25, -0.2) is 9.78 Å². The molecule has 2 N–H and O–H groups in total. The topological polar surface area (TPSA) is 110 Å². The zero-order chi connectivity index (χ0) is 26.5. The Morgan fingerprint density at radius 2 is 1.81 bits per heavy atom. The smallest absolute Gasteiger partial charge is 0.336 e. The van der Waals surface area contributed by atoms with Crippen molar-refractivity contribution < 1.29 is 24.2 Å². The number of hydrogen-bond donors (Lipinski definition) is 2. The second kappa shape index (κ2) is 11.4. The number of carbonyl (C=O) groups is 2. The van der Waals surface area contributed by atoms with Crippen molar-refractivity contribution in [2.45, 2.75) is 33.6 Å². The summed E-state index contributed by atoms with van der Waals surface area (Å²) in [5, 5.41) is 15.7. The predicted molar refractivity (Wildman–Crippen MR) is 144 cm³/mol. The van der Waals surface area contributed by atoms with Crippen LogP contribution in [0.4, 0.5) is 10.8 Å². The first-order valence-electron chi connectivity index (χ1n) is 12.0. The number of phenolic OH excluding ortho intramolecular Hbond substituents is 1. The number of aromatic nitrogens is 1. The lowest BCUT2D eigenvalue weighted by atomic mass is 9.75. The fourth-order valence-corrected chi connectivity index (χ4v) is 5.21. The number of anilines is 2. The Balaban J connectivity index is 1.69. The molecule has 2 heterocycles. The summed E-state index contributed by atoms with van der Waals surface area (Å²) in [5.74, 6) is -2.12. The second-order valence-electron chi connectivity index (χ2n) is 8.52. The Morgan fingerprint density at radius 3 is 2.54 bits per heavy atom. The molecule has 0 saturated heterocycles. The number of rotatable bonds is 8. The monoisotopic (exact) mass is 519 g/mol. The van der Waals surface area contributed by atoms with Gasteiger partial charge in [-0.3, -0.25) is 9.79 Å². The average Bonchev–Trinajstić information content (AvgIpc) is 3.32. The van der Waals surface area contributed by atoms with E-state index in [-0.39, 0.29) is 19.0 Å². The van der Waals surface area contributed by atoms with Gasteiger partial charge in [0.2, 0.25) is 0 Å². The molecular weight excluding hydrogens is 490 g/mol. The number of nitrogens with one attached hydrogen (secondary N) is 1. The molecule has 8 nitrogen and oxygen atoms in total. The number of hydrogen-bond acceptors (Lipinski definition) is 9. The van der Waals surface area contributed by atoms with Gasteiger partial charge in [0.1, 0.15) is 11.7 Å². The van der Waals surface area contributed by atoms with E-state index in [1.165, 1.54) is 11.3 Å². The third-order valence-corrected chi connectivity index (χ3v) is 6.76. The minimum atomic E-state index is -0.754. The van der Waals surface area contributed by atoms with Crippen LogP contribution in [0.2, 0.25) is 0 Å². The molecule has 37 heavy (non-hydrogen) atoms. The molecule has 2 unspecified atom stereocenters. The van der Waals surface area contributed by atoms with Crippen molar-refractivity contribution >= 4 is 39.8 Å². The summed E-state index contributed by atoms with van der Waals surface area (Å²) in [5.41, 5.74) is 4.51. The van der Waals surface area contributed by atoms with Crippen LogP contribution < -0.4 is 5.32 Å². The third kappa shape index (κ3) is 5.72. The number of thiazole rings is 1. The van der Waals surface area contributed by atoms with Crippen molar-refractivity contribution in [3.63, 3.8) is 0 Å². The summed E-state index contributed by atoms with van der Waals surface area (Å²) in [6.07, 6.45) is 0. The van der Waals surface area contributed by atoms with Crippen LogP contribution in [0.15, 0.2) is 70.2 Å². The molecule has 0 aliphatic carbocycles. The molecule has 1 aromatic heterocycles. The van der Waals surface area contributed by atoms with Crippen molar-refractivity contribution in [2.24, 2.45) is 10.9 Å². The molecule has 1 aliphatic heterocycles. The van der Waals surface area contributed by atoms with E-state index in [4.69, 9.17) is 9.47 Å². The van der Waals surface area contributed by atoms with Gasteiger partial charge in [-0.1, -0.05) is 24.3 Å². The van der Waals surface area contributed by atoms with E-state index in [1.54, 1.807) is 45.9 Å². The highest BCUT2D eigenvalue weighted by Crippen LogP contribution is 2.41. The summed E-state index contributed by atoms with van der Waals surface area (Å²) < 4.78 is 10.7. The molecule has 0 amide bonds. The SMILES string of the molecule is CCOC(=O)C1=C(C)N=C(C)C(C(=O)OCC)C1c1cccc(Nc2nc(-c3cccc(O)c3)cs2)c1. The van der Waals surface area contributed by atoms with Crippen LogP contribution >= 0.6 is 11.3 Å². The van der Waals surface area contributed by atoms with E-state index in [2.05, 4.69) is 15.3 Å². The highest BCUT2D eigenvalue weighted by Gasteiger charge is 2.42. The van der Waals surface area contributed by atoms with Gasteiger partial charge in [0, 0.05) is 34.0 Å². The maximum atomic E-state index is 13.0. The number of ether oxygens (including phenoxy) is 2. The third-order valence-electron chi connectivity index (χ3n) is 6.01. The van der Waals surface area contributed by atoms with Crippen molar-refractivity contribution in [3.8, 4) is 17.0 Å². The van der Waals surface area contributed by atoms with Gasteiger partial charge in [-0.15, -0.1) is 11.3 Å². The summed E-state index contributed by atoms with van der Waals surface area (Å²) in [7, 11) is 0. The number of carbonyl (C=O) groups excluding carboxylic acids is 2. The Hall–Kier alpha value is -3.98. The first-order chi connectivity index (χ1) is 17.8. The highest BCUT2D eigenvalue weighted by atomic mass is 32.1. The predicted octanol–water partition coefficient (Wildman–Crippen LogP) is 5.83. The first-order valence-corrected chi connectivity index (χ1v) is 12.9. The zero-order valence-corrected chi connectivity index (χ0v) is 22.0. The second-order valence-corrected chi connectivity index (χ2v) is 9.38. The minimum Gasteiger partial charge on any atom is -0.508 e. The Labute approximate surface area is 219 Å². The summed E-state index contributed by atoms with van der Waals surface area (Å²) in [6.45, 7) is 7.46. The molecule has 0 saturated carbocycles. The maximum absolute atomic E-state index is 13.0. The Bertz CT molecular complexity index is 1380. The first kappa shape index (κ1) is 26.1. The van der Waals surface area contributed by atoms with E-state index in [0.717, 1.165) is 22.5 Å². The van der Waals surface area contributed by atoms with Crippen molar-refractivity contribution in [1.29, 1.82) is 0 Å². The van der Waals surface area contributed by atoms with Crippen LogP contribution in [0.25, 0.3) is 11.3 Å². The lowest BCUT2D eigenvalue weighted by Gasteiger charge is -2.31. The summed E-state index contributed by atoms with van der Waals surface area (Å²) >= 11 is 1.43. The van der Waals surface area contributed by atoms with Crippen molar-refractivity contribution in [1.82, 2.24) is 4.98 Å². The zero-order valence-electron chi connectivity index (χ0n) is 21.1. The number of esters is 2. The largest absolute Gasteiger partial charge is 0.508 e. The number of phenols is 1. The van der Waals surface area contributed by atoms with Crippen LogP contribution in [0.1, 0.15) is 39.2 Å². The standard InChI is InChI=1S/C28H29N3O5S/c1-5-35-26(33)23-16(3)29-17(4)24(27(34)36-6-2)25(23)19-10-7-11-20(13-19)30-28-31-22(15-37-28)18-9-8-12-21(32)14-18/h7-15,23,25,32H,5-6H2,1-4H3,(H,30,31). The highest BCUT2D eigenvalue weighted by molar-refractivity contribution is 7.14. The fraction of sp³-hybridized carbons (Fsp3) is 0.286. The minimum absolute atomic E-state index is 0.177. The van der Waals surface area contributed by atoms with E-state index in [0.29, 0.717) is 22.1 Å². The van der Waals surface area contributed by atoms with E-state index in [9.17, 15) is 14.7 Å². The van der Waals surface area contributed by atoms with E-state index >= 15 is 0 Å². The molecule has 1 aliphatic rings. The van der Waals surface area contributed by atoms with Crippen LogP contribution in [-0.2, 0) is 19.1 Å². The number of allylic oxidation sites excluding steroid dienone is 1. The maximum Gasteiger partial charge on any atom is 0.336 e. The molecule has 0 fully saturated rings. The molecule has 0 spiro atoms. The van der Waals surface area contributed by atoms with E-state index < -0.39 is 23.8 Å². The Kier molecular flexibility index (Phi) is 8.03. The number of benzene rings is 2. The van der Waals surface area contributed by atoms with Gasteiger partial charge in [-0.05, 0) is 57.5 Å². The molecule has 4 rings (SSSR count). The fourth-order valence-electron chi connectivity index (χ4n) is 4.47. The van der Waals surface area contributed by atoms with Gasteiger partial charge in [0.15, 0.2) is 5.13 Å². The molecule has 2 atom stereocenters. The van der Waals surface area contributed by atoms with Crippen molar-refractivity contribution in [3.05, 3.63) is 70.7 Å². The van der Waals surface area contributed by atoms with Crippen LogP contribution in [0.3, 0.4) is 0 Å². The molecule has 0 radical (unpaired) electrons. The number of aliphatic imine (C=N–C) groups is 1. The normalized spacial score (nSPS) is 17.2. The molecular formula is C28H29N3O5S. The van der Waals surface area contributed by atoms with Gasteiger partial charge in [-0.2, -0.15) is 0 Å². The summed E-state index contributed by atoms with van der Waals surface area (Å²) in [6, 6.07) is 14.5. The van der Waals surface area contributed by atoms with Gasteiger partial charge in [0.25, 0.3) is 0 Å². The van der Waals surface area contributed by atoms with E-state index in [1.807, 2.05) is 35.7 Å². The molecule has 3 aromatic rings. The molecule has 192 valence electrons. The van der Waals surface area contributed by atoms with Gasteiger partial charge < -0.3 is 19.9 Å². The average molecular weight is 520 g/mol. The summed E-state index contributed by atoms with van der Waals surface area (Å²) in [4.78, 5) is 35.2. The van der Waals surface area contributed by atoms with Crippen molar-refractivity contribution in [2.75, 3.05) is 18.5 Å². The van der Waals surface area contributed by atoms with Crippen LogP contribution in [0, 0.1) is 5.92 Å². The quantitative estimate of drug-likeness (QED) is 0.360. The van der Waals surface area contributed by atoms with Gasteiger partial charge >= 0.3 is 11.9 Å². The van der Waals surface area contributed by atoms with Gasteiger partial charge in [0.05, 0.1) is 24.5 Å². The molecule has 9 heteroatoms. The van der Waals surface area contributed by atoms with Crippen LogP contribution in [-0.4, -0.2) is 41.0 Å².